The third kappa shape index (κ3) is 6.61. The quantitative estimate of drug-likeness (QED) is 0.657. The molecule has 31 heavy (non-hydrogen) atoms. The van der Waals surface area contributed by atoms with Crippen LogP contribution in [0.25, 0.3) is 6.08 Å². The number of hydrogen-bond donors (Lipinski definition) is 1. The van der Waals surface area contributed by atoms with Gasteiger partial charge in [0.2, 0.25) is 11.8 Å². The number of rotatable bonds is 8. The van der Waals surface area contributed by atoms with Crippen LogP contribution in [0.3, 0.4) is 0 Å². The summed E-state index contributed by atoms with van der Waals surface area (Å²) in [5, 5.41) is 11.5. The van der Waals surface area contributed by atoms with Crippen molar-refractivity contribution in [2.24, 2.45) is 0 Å². The van der Waals surface area contributed by atoms with Gasteiger partial charge in [-0.15, -0.1) is 0 Å². The minimum absolute atomic E-state index is 0.0693. The van der Waals surface area contributed by atoms with Crippen molar-refractivity contribution in [3.05, 3.63) is 58.7 Å². The van der Waals surface area contributed by atoms with Gasteiger partial charge in [-0.2, -0.15) is 5.26 Å². The van der Waals surface area contributed by atoms with Crippen molar-refractivity contribution in [2.75, 3.05) is 32.6 Å². The Hall–Kier alpha value is -3.79. The minimum atomic E-state index is -0.309. The molecule has 0 aliphatic heterocycles. The maximum absolute atomic E-state index is 12.4. The van der Waals surface area contributed by atoms with E-state index in [2.05, 4.69) is 5.32 Å². The van der Waals surface area contributed by atoms with Crippen LogP contribution < -0.4 is 14.8 Å². The van der Waals surface area contributed by atoms with Crippen LogP contribution in [0.4, 0.5) is 5.69 Å². The van der Waals surface area contributed by atoms with Gasteiger partial charge in [0.25, 0.3) is 0 Å². The largest absolute Gasteiger partial charge is 0.493 e. The number of amides is 2. The van der Waals surface area contributed by atoms with Crippen LogP contribution >= 0.6 is 0 Å². The summed E-state index contributed by atoms with van der Waals surface area (Å²) in [7, 11) is 3.07. The molecule has 0 aliphatic carbocycles. The number of carbonyl (C=O) groups is 2. The molecule has 2 amide bonds. The highest BCUT2D eigenvalue weighted by molar-refractivity contribution is 5.98. The molecule has 7 nitrogen and oxygen atoms in total. The van der Waals surface area contributed by atoms with E-state index in [4.69, 9.17) is 14.7 Å². The summed E-state index contributed by atoms with van der Waals surface area (Å²) in [5.41, 5.74) is 4.59. The lowest BCUT2D eigenvalue weighted by molar-refractivity contribution is -0.129. The smallest absolute Gasteiger partial charge is 0.246 e. The first-order valence-electron chi connectivity index (χ1n) is 9.73. The van der Waals surface area contributed by atoms with Gasteiger partial charge in [-0.25, -0.2) is 0 Å². The van der Waals surface area contributed by atoms with E-state index in [0.717, 1.165) is 27.9 Å². The Morgan fingerprint density at radius 2 is 1.81 bits per heavy atom. The van der Waals surface area contributed by atoms with Gasteiger partial charge in [0.05, 0.1) is 13.7 Å². The average Bonchev–Trinajstić information content (AvgIpc) is 2.73. The first-order chi connectivity index (χ1) is 14.7. The molecule has 162 valence electrons. The molecule has 2 aromatic carbocycles. The van der Waals surface area contributed by atoms with Crippen molar-refractivity contribution in [3.8, 4) is 17.6 Å². The number of likely N-dealkylation sites (N-methyl/N-ethyl adjacent to an activating group) is 1. The van der Waals surface area contributed by atoms with Gasteiger partial charge in [-0.05, 0) is 55.7 Å². The minimum Gasteiger partial charge on any atom is -0.493 e. The van der Waals surface area contributed by atoms with Crippen LogP contribution in [0.5, 0.6) is 11.5 Å². The molecule has 0 aliphatic rings. The standard InChI is InChI=1S/C24H27N3O4/c1-16-12-17(2)24(18(3)13-16)26-22(28)15-27(4)23(29)9-7-19-6-8-20(31-11-10-25)21(14-19)30-5/h6-9,12-14H,11,15H2,1-5H3,(H,26,28)/b9-7+. The zero-order chi connectivity index (χ0) is 23.0. The number of nitrogens with zero attached hydrogens (tertiary/aromatic N) is 2. The Kier molecular flexibility index (Phi) is 8.21. The lowest BCUT2D eigenvalue weighted by Crippen LogP contribution is -2.34. The van der Waals surface area contributed by atoms with Gasteiger partial charge in [0.15, 0.2) is 18.1 Å². The molecule has 0 heterocycles. The second kappa shape index (κ2) is 10.8. The van der Waals surface area contributed by atoms with E-state index in [1.54, 1.807) is 31.3 Å². The molecule has 7 heteroatoms. The van der Waals surface area contributed by atoms with Gasteiger partial charge in [0.1, 0.15) is 6.07 Å². The summed E-state index contributed by atoms with van der Waals surface area (Å²) in [5.74, 6) is 0.334. The molecule has 2 rings (SSSR count). The number of nitrogens with one attached hydrogen (secondary N) is 1. The fourth-order valence-electron chi connectivity index (χ4n) is 3.16. The highest BCUT2D eigenvalue weighted by Gasteiger charge is 2.13. The Morgan fingerprint density at radius 1 is 1.13 bits per heavy atom. The number of carbonyl (C=O) groups excluding carboxylic acids is 2. The zero-order valence-corrected chi connectivity index (χ0v) is 18.5. The van der Waals surface area contributed by atoms with Gasteiger partial charge in [0, 0.05) is 18.8 Å². The predicted octanol–water partition coefficient (Wildman–Crippen LogP) is 3.63. The summed E-state index contributed by atoms with van der Waals surface area (Å²) in [6.45, 7) is 5.74. The number of anilines is 1. The molecule has 0 saturated heterocycles. The molecule has 0 aromatic heterocycles. The number of ether oxygens (including phenoxy) is 2. The number of methoxy groups -OCH3 is 1. The molecule has 0 bridgehead atoms. The van der Waals surface area contributed by atoms with E-state index in [-0.39, 0.29) is 25.0 Å². The Morgan fingerprint density at radius 3 is 2.42 bits per heavy atom. The molecule has 0 spiro atoms. The average molecular weight is 421 g/mol. The number of benzene rings is 2. The molecule has 0 atom stereocenters. The lowest BCUT2D eigenvalue weighted by atomic mass is 10.1. The van der Waals surface area contributed by atoms with Gasteiger partial charge >= 0.3 is 0 Å². The van der Waals surface area contributed by atoms with E-state index in [1.807, 2.05) is 39.0 Å². The van der Waals surface area contributed by atoms with Crippen LogP contribution in [0.1, 0.15) is 22.3 Å². The maximum Gasteiger partial charge on any atom is 0.246 e. The summed E-state index contributed by atoms with van der Waals surface area (Å²) in [4.78, 5) is 26.2. The second-order valence-corrected chi connectivity index (χ2v) is 7.21. The van der Waals surface area contributed by atoms with E-state index < -0.39 is 0 Å². The van der Waals surface area contributed by atoms with Crippen LogP contribution in [0.2, 0.25) is 0 Å². The fourth-order valence-corrected chi connectivity index (χ4v) is 3.16. The van der Waals surface area contributed by atoms with Gasteiger partial charge < -0.3 is 19.7 Å². The van der Waals surface area contributed by atoms with Crippen molar-refractivity contribution in [2.45, 2.75) is 20.8 Å². The van der Waals surface area contributed by atoms with Crippen molar-refractivity contribution < 1.29 is 19.1 Å². The molecule has 0 fully saturated rings. The van der Waals surface area contributed by atoms with Crippen LogP contribution in [0, 0.1) is 32.1 Å². The first kappa shape index (κ1) is 23.5. The normalized spacial score (nSPS) is 10.5. The van der Waals surface area contributed by atoms with Crippen molar-refractivity contribution in [3.63, 3.8) is 0 Å². The van der Waals surface area contributed by atoms with E-state index >= 15 is 0 Å². The zero-order valence-electron chi connectivity index (χ0n) is 18.5. The SMILES string of the molecule is COc1cc(/C=C/C(=O)N(C)CC(=O)Nc2c(C)cc(C)cc2C)ccc1OCC#N. The number of nitriles is 1. The third-order valence-corrected chi connectivity index (χ3v) is 4.60. The molecular weight excluding hydrogens is 394 g/mol. The van der Waals surface area contributed by atoms with Crippen molar-refractivity contribution in [1.82, 2.24) is 4.90 Å². The summed E-state index contributed by atoms with van der Waals surface area (Å²) in [6, 6.07) is 11.0. The van der Waals surface area contributed by atoms with Crippen LogP contribution in [-0.4, -0.2) is 44.0 Å². The van der Waals surface area contributed by atoms with Crippen LogP contribution in [-0.2, 0) is 9.59 Å². The number of aryl methyl sites for hydroxylation is 3. The van der Waals surface area contributed by atoms with E-state index in [0.29, 0.717) is 11.5 Å². The Labute approximate surface area is 182 Å². The van der Waals surface area contributed by atoms with Crippen molar-refractivity contribution in [1.29, 1.82) is 5.26 Å². The first-order valence-corrected chi connectivity index (χ1v) is 9.73. The molecular formula is C24H27N3O4. The van der Waals surface area contributed by atoms with Crippen molar-refractivity contribution >= 4 is 23.6 Å². The third-order valence-electron chi connectivity index (χ3n) is 4.60. The summed E-state index contributed by atoms with van der Waals surface area (Å²) in [6.07, 6.45) is 3.02. The molecule has 1 N–H and O–H groups in total. The van der Waals surface area contributed by atoms with Gasteiger partial charge in [-0.1, -0.05) is 23.8 Å². The van der Waals surface area contributed by atoms with Gasteiger partial charge in [-0.3, -0.25) is 9.59 Å². The predicted molar refractivity (Wildman–Crippen MR) is 120 cm³/mol. The summed E-state index contributed by atoms with van der Waals surface area (Å²) >= 11 is 0. The second-order valence-electron chi connectivity index (χ2n) is 7.21. The number of hydrogen-bond acceptors (Lipinski definition) is 5. The maximum atomic E-state index is 12.4. The molecule has 0 unspecified atom stereocenters. The lowest BCUT2D eigenvalue weighted by Gasteiger charge is -2.17. The summed E-state index contributed by atoms with van der Waals surface area (Å²) < 4.78 is 10.5. The molecule has 2 aromatic rings. The Bertz CT molecular complexity index is 1010. The van der Waals surface area contributed by atoms with E-state index in [9.17, 15) is 9.59 Å². The molecule has 0 radical (unpaired) electrons. The van der Waals surface area contributed by atoms with E-state index in [1.165, 1.54) is 18.1 Å². The fraction of sp³-hybridized carbons (Fsp3) is 0.292. The van der Waals surface area contributed by atoms with Crippen LogP contribution in [0.15, 0.2) is 36.4 Å². The topological polar surface area (TPSA) is 91.7 Å². The monoisotopic (exact) mass is 421 g/mol. The highest BCUT2D eigenvalue weighted by Crippen LogP contribution is 2.28. The molecule has 0 saturated carbocycles. The Balaban J connectivity index is 2.00. The highest BCUT2D eigenvalue weighted by atomic mass is 16.5.